The maximum Gasteiger partial charge on any atom is 0.222 e. The molecule has 0 radical (unpaired) electrons. The molecule has 3 fully saturated rings. The SMILES string of the molecule is O=C(C[C@H]1CC[C@@H]2[C@H](COC[C@H](O)CN2Cc2cc(F)cc(F)c2)O1)NC1CCC1. The minimum absolute atomic E-state index is 0.0254. The lowest BCUT2D eigenvalue weighted by Gasteiger charge is -2.44. The molecule has 166 valence electrons. The van der Waals surface area contributed by atoms with Gasteiger partial charge in [0.1, 0.15) is 11.6 Å². The van der Waals surface area contributed by atoms with E-state index >= 15 is 0 Å². The fourth-order valence-electron chi connectivity index (χ4n) is 4.61. The lowest BCUT2D eigenvalue weighted by Crippen LogP contribution is -2.55. The van der Waals surface area contributed by atoms with Crippen LogP contribution in [-0.4, -0.2) is 66.1 Å². The molecule has 0 aromatic heterocycles. The van der Waals surface area contributed by atoms with Gasteiger partial charge in [-0.15, -0.1) is 0 Å². The standard InChI is InChI=1S/C22H30F2N2O4/c23-15-6-14(7-16(24)8-15)10-26-11-18(27)12-29-13-21-20(26)5-4-19(30-21)9-22(28)25-17-2-1-3-17/h6-8,17-21,27H,1-5,9-13H2,(H,25,28)/t18-,19-,20-,21+/m1/s1. The number of ether oxygens (including phenoxy) is 2. The molecule has 6 nitrogen and oxygen atoms in total. The van der Waals surface area contributed by atoms with Crippen LogP contribution in [0, 0.1) is 11.6 Å². The third-order valence-corrected chi connectivity index (χ3v) is 6.28. The molecule has 0 unspecified atom stereocenters. The van der Waals surface area contributed by atoms with Gasteiger partial charge in [0.25, 0.3) is 0 Å². The summed E-state index contributed by atoms with van der Waals surface area (Å²) >= 11 is 0. The summed E-state index contributed by atoms with van der Waals surface area (Å²) in [5.74, 6) is -1.21. The summed E-state index contributed by atoms with van der Waals surface area (Å²) in [7, 11) is 0. The Bertz CT molecular complexity index is 726. The molecule has 1 aromatic rings. The van der Waals surface area contributed by atoms with Crippen molar-refractivity contribution in [2.75, 3.05) is 19.8 Å². The van der Waals surface area contributed by atoms with Crippen LogP contribution in [0.4, 0.5) is 8.78 Å². The zero-order valence-corrected chi connectivity index (χ0v) is 17.1. The Kier molecular flexibility index (Phi) is 6.98. The molecule has 2 aliphatic heterocycles. The molecule has 4 rings (SSSR count). The Labute approximate surface area is 175 Å². The number of nitrogens with zero attached hydrogens (tertiary/aromatic N) is 1. The number of amides is 1. The molecule has 1 aliphatic carbocycles. The van der Waals surface area contributed by atoms with Gasteiger partial charge in [-0.3, -0.25) is 9.69 Å². The van der Waals surface area contributed by atoms with Gasteiger partial charge in [-0.25, -0.2) is 8.78 Å². The minimum Gasteiger partial charge on any atom is -0.389 e. The van der Waals surface area contributed by atoms with E-state index in [9.17, 15) is 18.7 Å². The third-order valence-electron chi connectivity index (χ3n) is 6.28. The van der Waals surface area contributed by atoms with Gasteiger partial charge in [0.2, 0.25) is 5.91 Å². The second-order valence-electron chi connectivity index (χ2n) is 8.74. The summed E-state index contributed by atoms with van der Waals surface area (Å²) in [6.07, 6.45) is 3.96. The van der Waals surface area contributed by atoms with Crippen molar-refractivity contribution in [1.82, 2.24) is 10.2 Å². The van der Waals surface area contributed by atoms with E-state index in [0.717, 1.165) is 25.3 Å². The first-order chi connectivity index (χ1) is 14.5. The molecule has 4 atom stereocenters. The van der Waals surface area contributed by atoms with E-state index in [1.165, 1.54) is 18.6 Å². The number of fused-ring (bicyclic) bond motifs is 1. The number of benzene rings is 1. The van der Waals surface area contributed by atoms with Crippen LogP contribution < -0.4 is 5.32 Å². The molecular weight excluding hydrogens is 394 g/mol. The van der Waals surface area contributed by atoms with Gasteiger partial charge in [0.05, 0.1) is 37.9 Å². The van der Waals surface area contributed by atoms with E-state index in [0.29, 0.717) is 44.1 Å². The Hall–Kier alpha value is -1.61. The van der Waals surface area contributed by atoms with E-state index in [-0.39, 0.29) is 30.8 Å². The number of aliphatic hydroxyl groups excluding tert-OH is 1. The molecule has 0 bridgehead atoms. The van der Waals surface area contributed by atoms with Gasteiger partial charge in [-0.2, -0.15) is 0 Å². The van der Waals surface area contributed by atoms with Crippen LogP contribution in [0.3, 0.4) is 0 Å². The number of nitrogens with one attached hydrogen (secondary N) is 1. The fourth-order valence-corrected chi connectivity index (χ4v) is 4.61. The highest BCUT2D eigenvalue weighted by atomic mass is 19.1. The normalized spacial score (nSPS) is 30.6. The molecule has 0 spiro atoms. The fraction of sp³-hybridized carbons (Fsp3) is 0.682. The van der Waals surface area contributed by atoms with Gasteiger partial charge >= 0.3 is 0 Å². The van der Waals surface area contributed by atoms with Gasteiger partial charge in [0.15, 0.2) is 0 Å². The molecule has 30 heavy (non-hydrogen) atoms. The molecule has 8 heteroatoms. The molecule has 1 aromatic carbocycles. The molecule has 2 saturated heterocycles. The number of rotatable bonds is 5. The predicted molar refractivity (Wildman–Crippen MR) is 106 cm³/mol. The first kappa shape index (κ1) is 21.6. The number of hydrogen-bond donors (Lipinski definition) is 2. The summed E-state index contributed by atoms with van der Waals surface area (Å²) < 4.78 is 39.1. The van der Waals surface area contributed by atoms with Crippen molar-refractivity contribution in [3.8, 4) is 0 Å². The quantitative estimate of drug-likeness (QED) is 0.758. The van der Waals surface area contributed by atoms with Crippen molar-refractivity contribution in [2.24, 2.45) is 0 Å². The highest BCUT2D eigenvalue weighted by molar-refractivity contribution is 5.76. The Morgan fingerprint density at radius 2 is 1.90 bits per heavy atom. The third kappa shape index (κ3) is 5.55. The topological polar surface area (TPSA) is 71.0 Å². The summed E-state index contributed by atoms with van der Waals surface area (Å²) in [5.41, 5.74) is 0.516. The average Bonchev–Trinajstić information content (AvgIpc) is 2.62. The van der Waals surface area contributed by atoms with Crippen molar-refractivity contribution in [3.63, 3.8) is 0 Å². The van der Waals surface area contributed by atoms with Gasteiger partial charge in [0, 0.05) is 31.2 Å². The Balaban J connectivity index is 1.40. The van der Waals surface area contributed by atoms with Gasteiger partial charge in [-0.1, -0.05) is 0 Å². The lowest BCUT2D eigenvalue weighted by atomic mass is 9.92. The zero-order chi connectivity index (χ0) is 21.1. The van der Waals surface area contributed by atoms with Crippen LogP contribution in [0.15, 0.2) is 18.2 Å². The molecule has 1 saturated carbocycles. The van der Waals surface area contributed by atoms with Crippen molar-refractivity contribution < 1.29 is 28.2 Å². The van der Waals surface area contributed by atoms with E-state index in [1.807, 2.05) is 4.90 Å². The Morgan fingerprint density at radius 1 is 1.13 bits per heavy atom. The number of β-amino-alcohol motifs (C(OH)–C–C–N with tert-alkyl or cyclic N) is 1. The maximum atomic E-state index is 13.6. The molecule has 2 heterocycles. The number of carbonyl (C=O) groups is 1. The van der Waals surface area contributed by atoms with E-state index in [4.69, 9.17) is 9.47 Å². The highest BCUT2D eigenvalue weighted by Gasteiger charge is 2.38. The first-order valence-corrected chi connectivity index (χ1v) is 10.9. The largest absolute Gasteiger partial charge is 0.389 e. The monoisotopic (exact) mass is 424 g/mol. The van der Waals surface area contributed by atoms with Crippen LogP contribution in [-0.2, 0) is 20.8 Å². The summed E-state index contributed by atoms with van der Waals surface area (Å²) in [6, 6.07) is 3.74. The molecule has 2 N–H and O–H groups in total. The summed E-state index contributed by atoms with van der Waals surface area (Å²) in [5, 5.41) is 13.3. The van der Waals surface area contributed by atoms with Crippen LogP contribution in [0.5, 0.6) is 0 Å². The zero-order valence-electron chi connectivity index (χ0n) is 17.1. The van der Waals surface area contributed by atoms with Crippen molar-refractivity contribution in [1.29, 1.82) is 0 Å². The molecule has 3 aliphatic rings. The van der Waals surface area contributed by atoms with Gasteiger partial charge < -0.3 is 19.9 Å². The van der Waals surface area contributed by atoms with Crippen LogP contribution >= 0.6 is 0 Å². The van der Waals surface area contributed by atoms with Crippen molar-refractivity contribution >= 4 is 5.91 Å². The van der Waals surface area contributed by atoms with Crippen LogP contribution in [0.25, 0.3) is 0 Å². The average molecular weight is 424 g/mol. The minimum atomic E-state index is -0.685. The van der Waals surface area contributed by atoms with Crippen molar-refractivity contribution in [2.45, 2.75) is 75.5 Å². The van der Waals surface area contributed by atoms with E-state index < -0.39 is 17.7 Å². The number of carbonyl (C=O) groups excluding carboxylic acids is 1. The molecule has 1 amide bonds. The first-order valence-electron chi connectivity index (χ1n) is 10.9. The van der Waals surface area contributed by atoms with Crippen LogP contribution in [0.2, 0.25) is 0 Å². The van der Waals surface area contributed by atoms with Crippen LogP contribution in [0.1, 0.15) is 44.1 Å². The number of halogens is 2. The predicted octanol–water partition coefficient (Wildman–Crippen LogP) is 2.13. The van der Waals surface area contributed by atoms with Crippen molar-refractivity contribution in [3.05, 3.63) is 35.4 Å². The summed E-state index contributed by atoms with van der Waals surface area (Å²) in [6.45, 7) is 1.13. The number of hydrogen-bond acceptors (Lipinski definition) is 5. The second kappa shape index (κ2) is 9.68. The molecular formula is C22H30F2N2O4. The van der Waals surface area contributed by atoms with E-state index in [2.05, 4.69) is 5.32 Å². The maximum absolute atomic E-state index is 13.6. The van der Waals surface area contributed by atoms with Gasteiger partial charge in [-0.05, 0) is 49.8 Å². The lowest BCUT2D eigenvalue weighted by molar-refractivity contribution is -0.158. The second-order valence-corrected chi connectivity index (χ2v) is 8.74. The van der Waals surface area contributed by atoms with E-state index in [1.54, 1.807) is 0 Å². The summed E-state index contributed by atoms with van der Waals surface area (Å²) in [4.78, 5) is 14.3. The highest BCUT2D eigenvalue weighted by Crippen LogP contribution is 2.29. The smallest absolute Gasteiger partial charge is 0.222 e. The number of aliphatic hydroxyl groups is 1. The Morgan fingerprint density at radius 3 is 2.60 bits per heavy atom.